The first-order chi connectivity index (χ1) is 9.76. The highest BCUT2D eigenvalue weighted by molar-refractivity contribution is 5.72. The molecule has 0 aromatic heterocycles. The highest BCUT2D eigenvalue weighted by Crippen LogP contribution is 2.38. The number of nitrogens with two attached hydrogens (primary N) is 1. The minimum Gasteiger partial charge on any atom is -0.486 e. The van der Waals surface area contributed by atoms with Crippen LogP contribution in [-0.2, 0) is 0 Å². The molecule has 4 nitrogen and oxygen atoms in total. The van der Waals surface area contributed by atoms with Crippen LogP contribution in [0.25, 0.3) is 0 Å². The van der Waals surface area contributed by atoms with Gasteiger partial charge >= 0.3 is 0 Å². The van der Waals surface area contributed by atoms with Crippen LogP contribution >= 0.6 is 0 Å². The molecule has 3 N–H and O–H groups in total. The summed E-state index contributed by atoms with van der Waals surface area (Å²) < 4.78 is 11.2. The number of rotatable bonds is 3. The second kappa shape index (κ2) is 5.81. The van der Waals surface area contributed by atoms with Crippen LogP contribution in [0.4, 0.5) is 11.4 Å². The Labute approximate surface area is 120 Å². The molecule has 1 saturated carbocycles. The predicted molar refractivity (Wildman–Crippen MR) is 81.5 cm³/mol. The van der Waals surface area contributed by atoms with E-state index in [-0.39, 0.29) is 0 Å². The van der Waals surface area contributed by atoms with Gasteiger partial charge in [-0.3, -0.25) is 0 Å². The van der Waals surface area contributed by atoms with Crippen LogP contribution in [0.1, 0.15) is 39.0 Å². The van der Waals surface area contributed by atoms with Crippen LogP contribution in [0.2, 0.25) is 0 Å². The van der Waals surface area contributed by atoms with Crippen LogP contribution in [0, 0.1) is 5.92 Å². The molecule has 1 aromatic carbocycles. The average molecular weight is 276 g/mol. The van der Waals surface area contributed by atoms with Gasteiger partial charge in [-0.1, -0.05) is 13.3 Å². The van der Waals surface area contributed by atoms with E-state index in [1.165, 1.54) is 32.1 Å². The molecule has 3 rings (SSSR count). The maximum atomic E-state index is 6.12. The molecule has 2 aliphatic rings. The molecule has 0 amide bonds. The zero-order valence-electron chi connectivity index (χ0n) is 12.2. The minimum absolute atomic E-state index is 0.530. The summed E-state index contributed by atoms with van der Waals surface area (Å²) >= 11 is 0. The molecular weight excluding hydrogens is 252 g/mol. The van der Waals surface area contributed by atoms with Gasteiger partial charge in [0, 0.05) is 18.2 Å². The highest BCUT2D eigenvalue weighted by atomic mass is 16.6. The molecule has 1 aliphatic carbocycles. The van der Waals surface area contributed by atoms with Crippen molar-refractivity contribution < 1.29 is 9.47 Å². The first-order valence-corrected chi connectivity index (χ1v) is 7.72. The lowest BCUT2D eigenvalue weighted by Gasteiger charge is -2.30. The summed E-state index contributed by atoms with van der Waals surface area (Å²) in [5.41, 5.74) is 7.84. The van der Waals surface area contributed by atoms with Crippen LogP contribution < -0.4 is 20.5 Å². The third-order valence-corrected chi connectivity index (χ3v) is 4.50. The average Bonchev–Trinajstić information content (AvgIpc) is 2.49. The first kappa shape index (κ1) is 13.4. The van der Waals surface area contributed by atoms with Crippen molar-refractivity contribution in [2.45, 2.75) is 45.1 Å². The van der Waals surface area contributed by atoms with Gasteiger partial charge in [0.05, 0.1) is 11.4 Å². The number of ether oxygens (including phenoxy) is 2. The Morgan fingerprint density at radius 2 is 1.75 bits per heavy atom. The van der Waals surface area contributed by atoms with Gasteiger partial charge in [0.1, 0.15) is 13.2 Å². The fourth-order valence-electron chi connectivity index (χ4n) is 3.16. The zero-order chi connectivity index (χ0) is 13.9. The molecule has 1 fully saturated rings. The summed E-state index contributed by atoms with van der Waals surface area (Å²) in [4.78, 5) is 0. The Hall–Kier alpha value is -1.58. The van der Waals surface area contributed by atoms with E-state index in [4.69, 9.17) is 15.2 Å². The lowest BCUT2D eigenvalue weighted by molar-refractivity contribution is 0.172. The molecular formula is C16H24N2O2. The summed E-state index contributed by atoms with van der Waals surface area (Å²) in [5.74, 6) is 2.47. The summed E-state index contributed by atoms with van der Waals surface area (Å²) in [6, 6.07) is 4.38. The van der Waals surface area contributed by atoms with E-state index in [0.29, 0.717) is 19.3 Å². The van der Waals surface area contributed by atoms with E-state index in [0.717, 1.165) is 28.8 Å². The van der Waals surface area contributed by atoms with Crippen molar-refractivity contribution in [2.75, 3.05) is 24.3 Å². The number of hydrogen-bond acceptors (Lipinski definition) is 4. The SMILES string of the molecule is CCC1CCC(Nc2cc3c(cc2N)OCCO3)CC1. The van der Waals surface area contributed by atoms with Gasteiger partial charge in [0.15, 0.2) is 11.5 Å². The van der Waals surface area contributed by atoms with E-state index in [9.17, 15) is 0 Å². The number of anilines is 2. The molecule has 0 saturated heterocycles. The van der Waals surface area contributed by atoms with Crippen molar-refractivity contribution in [3.8, 4) is 11.5 Å². The van der Waals surface area contributed by atoms with Crippen molar-refractivity contribution in [1.82, 2.24) is 0 Å². The summed E-state index contributed by atoms with van der Waals surface area (Å²) in [5, 5.41) is 3.58. The Morgan fingerprint density at radius 3 is 2.40 bits per heavy atom. The van der Waals surface area contributed by atoms with Gasteiger partial charge in [0.2, 0.25) is 0 Å². The number of hydrogen-bond donors (Lipinski definition) is 2. The number of benzene rings is 1. The Bertz CT molecular complexity index is 468. The molecule has 1 heterocycles. The third-order valence-electron chi connectivity index (χ3n) is 4.50. The van der Waals surface area contributed by atoms with Crippen molar-refractivity contribution >= 4 is 11.4 Å². The van der Waals surface area contributed by atoms with Crippen molar-refractivity contribution in [3.05, 3.63) is 12.1 Å². The molecule has 1 aliphatic heterocycles. The van der Waals surface area contributed by atoms with Gasteiger partial charge in [0.25, 0.3) is 0 Å². The molecule has 110 valence electrons. The smallest absolute Gasteiger partial charge is 0.163 e. The van der Waals surface area contributed by atoms with Crippen LogP contribution in [0.15, 0.2) is 12.1 Å². The molecule has 0 bridgehead atoms. The maximum absolute atomic E-state index is 6.12. The first-order valence-electron chi connectivity index (χ1n) is 7.72. The molecule has 0 spiro atoms. The second-order valence-corrected chi connectivity index (χ2v) is 5.85. The Balaban J connectivity index is 1.68. The van der Waals surface area contributed by atoms with E-state index in [1.54, 1.807) is 0 Å². The number of nitrogens with one attached hydrogen (secondary N) is 1. The maximum Gasteiger partial charge on any atom is 0.163 e. The lowest BCUT2D eigenvalue weighted by atomic mass is 9.84. The van der Waals surface area contributed by atoms with Gasteiger partial charge < -0.3 is 20.5 Å². The zero-order valence-corrected chi connectivity index (χ0v) is 12.2. The quantitative estimate of drug-likeness (QED) is 0.831. The molecule has 0 unspecified atom stereocenters. The lowest BCUT2D eigenvalue weighted by Crippen LogP contribution is -2.26. The van der Waals surface area contributed by atoms with E-state index < -0.39 is 0 Å². The van der Waals surface area contributed by atoms with Gasteiger partial charge in [-0.25, -0.2) is 0 Å². The molecule has 1 aromatic rings. The van der Waals surface area contributed by atoms with Gasteiger partial charge in [-0.05, 0) is 31.6 Å². The fourth-order valence-corrected chi connectivity index (χ4v) is 3.16. The number of nitrogen functional groups attached to an aromatic ring is 1. The summed E-state index contributed by atoms with van der Waals surface area (Å²) in [7, 11) is 0. The van der Waals surface area contributed by atoms with Gasteiger partial charge in [-0.15, -0.1) is 0 Å². The third kappa shape index (κ3) is 2.79. The summed E-state index contributed by atoms with van der Waals surface area (Å²) in [6.45, 7) is 3.50. The molecule has 0 radical (unpaired) electrons. The van der Waals surface area contributed by atoms with Gasteiger partial charge in [-0.2, -0.15) is 0 Å². The highest BCUT2D eigenvalue weighted by Gasteiger charge is 2.21. The van der Waals surface area contributed by atoms with E-state index in [1.807, 2.05) is 12.1 Å². The summed E-state index contributed by atoms with van der Waals surface area (Å²) in [6.07, 6.45) is 6.40. The second-order valence-electron chi connectivity index (χ2n) is 5.85. The number of fused-ring (bicyclic) bond motifs is 1. The monoisotopic (exact) mass is 276 g/mol. The van der Waals surface area contributed by atoms with Crippen LogP contribution in [0.5, 0.6) is 11.5 Å². The van der Waals surface area contributed by atoms with Crippen molar-refractivity contribution in [3.63, 3.8) is 0 Å². The van der Waals surface area contributed by atoms with Crippen molar-refractivity contribution in [1.29, 1.82) is 0 Å². The predicted octanol–water partition coefficient (Wildman–Crippen LogP) is 3.42. The Kier molecular flexibility index (Phi) is 3.90. The minimum atomic E-state index is 0.530. The molecule has 20 heavy (non-hydrogen) atoms. The largest absolute Gasteiger partial charge is 0.486 e. The Morgan fingerprint density at radius 1 is 1.10 bits per heavy atom. The molecule has 4 heteroatoms. The van der Waals surface area contributed by atoms with E-state index in [2.05, 4.69) is 12.2 Å². The van der Waals surface area contributed by atoms with Crippen LogP contribution in [0.3, 0.4) is 0 Å². The normalized spacial score (nSPS) is 25.2. The standard InChI is InChI=1S/C16H24N2O2/c1-2-11-3-5-12(6-4-11)18-14-10-16-15(9-13(14)17)19-7-8-20-16/h9-12,18H,2-8,17H2,1H3. The van der Waals surface area contributed by atoms with Crippen molar-refractivity contribution in [2.24, 2.45) is 5.92 Å². The fraction of sp³-hybridized carbons (Fsp3) is 0.625. The van der Waals surface area contributed by atoms with E-state index >= 15 is 0 Å². The van der Waals surface area contributed by atoms with Crippen LogP contribution in [-0.4, -0.2) is 19.3 Å². The topological polar surface area (TPSA) is 56.5 Å². The molecule has 0 atom stereocenters.